The second-order valence-corrected chi connectivity index (χ2v) is 8.87. The average molecular weight is 412 g/mol. The molecule has 29 heavy (non-hydrogen) atoms. The molecule has 0 aliphatic heterocycles. The van der Waals surface area contributed by atoms with Gasteiger partial charge in [-0.1, -0.05) is 46.8 Å². The van der Waals surface area contributed by atoms with E-state index in [4.69, 9.17) is 12.2 Å². The Labute approximate surface area is 178 Å². The minimum atomic E-state index is -0.263. The van der Waals surface area contributed by atoms with E-state index in [1.54, 1.807) is 36.4 Å². The molecule has 0 aliphatic carbocycles. The molecule has 0 heterocycles. The fraction of sp³-hybridized carbons (Fsp3) is 0.348. The molecular weight excluding hydrogens is 382 g/mol. The lowest BCUT2D eigenvalue weighted by atomic mass is 9.87. The van der Waals surface area contributed by atoms with E-state index in [1.807, 2.05) is 26.0 Å². The summed E-state index contributed by atoms with van der Waals surface area (Å²) in [6, 6.07) is 14.7. The van der Waals surface area contributed by atoms with Gasteiger partial charge in [-0.2, -0.15) is 0 Å². The van der Waals surface area contributed by atoms with Gasteiger partial charge in [0.2, 0.25) is 5.91 Å². The van der Waals surface area contributed by atoms with Crippen LogP contribution >= 0.6 is 12.2 Å². The van der Waals surface area contributed by atoms with Crippen LogP contribution in [-0.2, 0) is 10.2 Å². The van der Waals surface area contributed by atoms with E-state index in [2.05, 4.69) is 36.7 Å². The molecule has 5 nitrogen and oxygen atoms in total. The fourth-order valence-electron chi connectivity index (χ4n) is 2.68. The third-order valence-electron chi connectivity index (χ3n) is 4.26. The molecule has 2 aromatic carbocycles. The summed E-state index contributed by atoms with van der Waals surface area (Å²) in [6.45, 7) is 10.4. The molecule has 2 aromatic rings. The van der Waals surface area contributed by atoms with Gasteiger partial charge in [0.15, 0.2) is 5.11 Å². The first-order valence-corrected chi connectivity index (χ1v) is 10.1. The second kappa shape index (κ2) is 9.65. The number of anilines is 2. The zero-order valence-corrected chi connectivity index (χ0v) is 18.4. The fourth-order valence-corrected chi connectivity index (χ4v) is 2.89. The Morgan fingerprint density at radius 1 is 0.897 bits per heavy atom. The van der Waals surface area contributed by atoms with Gasteiger partial charge in [-0.15, -0.1) is 0 Å². The lowest BCUT2D eigenvalue weighted by Gasteiger charge is -2.19. The summed E-state index contributed by atoms with van der Waals surface area (Å²) in [6.07, 6.45) is 0.479. The molecule has 0 aliphatic rings. The van der Waals surface area contributed by atoms with Crippen molar-refractivity contribution < 1.29 is 9.59 Å². The second-order valence-electron chi connectivity index (χ2n) is 8.46. The summed E-state index contributed by atoms with van der Waals surface area (Å²) >= 11 is 5.23. The number of nitrogens with one attached hydrogen (secondary N) is 3. The zero-order valence-electron chi connectivity index (χ0n) is 17.6. The maximum Gasteiger partial charge on any atom is 0.257 e. The number of hydrogen-bond donors (Lipinski definition) is 3. The van der Waals surface area contributed by atoms with Crippen molar-refractivity contribution in [1.82, 2.24) is 5.32 Å². The number of carbonyl (C=O) groups is 2. The molecule has 0 saturated carbocycles. The van der Waals surface area contributed by atoms with Gasteiger partial charge in [-0.25, -0.2) is 0 Å². The summed E-state index contributed by atoms with van der Waals surface area (Å²) in [5.74, 6) is 0.0306. The van der Waals surface area contributed by atoms with E-state index < -0.39 is 0 Å². The molecular formula is C23H29N3O2S. The largest absolute Gasteiger partial charge is 0.332 e. The van der Waals surface area contributed by atoms with Crippen LogP contribution in [-0.4, -0.2) is 16.9 Å². The smallest absolute Gasteiger partial charge is 0.257 e. The molecule has 0 spiro atoms. The minimum absolute atomic E-state index is 0.0130. The van der Waals surface area contributed by atoms with Crippen molar-refractivity contribution in [2.45, 2.75) is 46.5 Å². The maximum absolute atomic E-state index is 12.4. The van der Waals surface area contributed by atoms with Gasteiger partial charge in [0.05, 0.1) is 0 Å². The highest BCUT2D eigenvalue weighted by atomic mass is 32.1. The summed E-state index contributed by atoms with van der Waals surface area (Å²) < 4.78 is 0. The van der Waals surface area contributed by atoms with Crippen LogP contribution in [0.5, 0.6) is 0 Å². The van der Waals surface area contributed by atoms with E-state index in [1.165, 1.54) is 0 Å². The summed E-state index contributed by atoms with van der Waals surface area (Å²) in [4.78, 5) is 24.2. The van der Waals surface area contributed by atoms with Crippen LogP contribution in [0.1, 0.15) is 57.0 Å². The van der Waals surface area contributed by atoms with Crippen molar-refractivity contribution in [2.24, 2.45) is 5.92 Å². The van der Waals surface area contributed by atoms with Crippen LogP contribution in [0, 0.1) is 5.92 Å². The van der Waals surface area contributed by atoms with Crippen LogP contribution in [0.2, 0.25) is 0 Å². The lowest BCUT2D eigenvalue weighted by Crippen LogP contribution is -2.34. The van der Waals surface area contributed by atoms with Crippen molar-refractivity contribution in [2.75, 3.05) is 10.6 Å². The van der Waals surface area contributed by atoms with Crippen molar-refractivity contribution in [1.29, 1.82) is 0 Å². The Morgan fingerprint density at radius 2 is 1.41 bits per heavy atom. The van der Waals surface area contributed by atoms with Crippen LogP contribution in [0.15, 0.2) is 48.5 Å². The van der Waals surface area contributed by atoms with E-state index in [0.717, 1.165) is 16.9 Å². The lowest BCUT2D eigenvalue weighted by molar-refractivity contribution is -0.116. The topological polar surface area (TPSA) is 70.2 Å². The van der Waals surface area contributed by atoms with Gasteiger partial charge >= 0.3 is 0 Å². The summed E-state index contributed by atoms with van der Waals surface area (Å²) in [7, 11) is 0. The SMILES string of the molecule is CC(C)CC(=O)Nc1ccc(NC(=S)NC(=O)c2ccc(C(C)(C)C)cc2)cc1. The number of benzene rings is 2. The molecule has 0 unspecified atom stereocenters. The highest BCUT2D eigenvalue weighted by Gasteiger charge is 2.15. The molecule has 154 valence electrons. The normalized spacial score (nSPS) is 11.1. The molecule has 2 amide bonds. The Kier molecular flexibility index (Phi) is 7.51. The van der Waals surface area contributed by atoms with Crippen LogP contribution in [0.4, 0.5) is 11.4 Å². The van der Waals surface area contributed by atoms with Crippen molar-refractivity contribution in [3.05, 3.63) is 59.7 Å². The molecule has 3 N–H and O–H groups in total. The first-order chi connectivity index (χ1) is 13.5. The third kappa shape index (κ3) is 7.31. The van der Waals surface area contributed by atoms with Crippen molar-refractivity contribution >= 4 is 40.5 Å². The number of carbonyl (C=O) groups excluding carboxylic acids is 2. The first-order valence-electron chi connectivity index (χ1n) is 9.67. The van der Waals surface area contributed by atoms with Crippen LogP contribution in [0.3, 0.4) is 0 Å². The minimum Gasteiger partial charge on any atom is -0.332 e. The van der Waals surface area contributed by atoms with Gasteiger partial charge in [0.25, 0.3) is 5.91 Å². The number of thiocarbonyl (C=S) groups is 1. The predicted octanol–water partition coefficient (Wildman–Crippen LogP) is 5.10. The highest BCUT2D eigenvalue weighted by molar-refractivity contribution is 7.80. The quantitative estimate of drug-likeness (QED) is 0.599. The van der Waals surface area contributed by atoms with Gasteiger partial charge in [0, 0.05) is 23.4 Å². The molecule has 0 saturated heterocycles. The molecule has 0 radical (unpaired) electrons. The molecule has 0 atom stereocenters. The Balaban J connectivity index is 1.90. The predicted molar refractivity (Wildman–Crippen MR) is 123 cm³/mol. The zero-order chi connectivity index (χ0) is 21.6. The maximum atomic E-state index is 12.4. The first kappa shape index (κ1) is 22.6. The standard InChI is InChI=1S/C23H29N3O2S/c1-15(2)14-20(27)24-18-10-12-19(13-11-18)25-22(29)26-21(28)16-6-8-17(9-7-16)23(3,4)5/h6-13,15H,14H2,1-5H3,(H,24,27)(H2,25,26,28,29). The average Bonchev–Trinajstić information content (AvgIpc) is 2.62. The molecule has 0 bridgehead atoms. The summed E-state index contributed by atoms with van der Waals surface area (Å²) in [5, 5.41) is 8.73. The number of rotatable bonds is 5. The number of amides is 2. The molecule has 0 fully saturated rings. The van der Waals surface area contributed by atoms with Crippen LogP contribution in [0.25, 0.3) is 0 Å². The van der Waals surface area contributed by atoms with Crippen molar-refractivity contribution in [3.63, 3.8) is 0 Å². The van der Waals surface area contributed by atoms with Crippen LogP contribution < -0.4 is 16.0 Å². The van der Waals surface area contributed by atoms with Gasteiger partial charge in [-0.3, -0.25) is 14.9 Å². The van der Waals surface area contributed by atoms with Crippen molar-refractivity contribution in [3.8, 4) is 0 Å². The Hall–Kier alpha value is -2.73. The van der Waals surface area contributed by atoms with E-state index >= 15 is 0 Å². The molecule has 6 heteroatoms. The molecule has 2 rings (SSSR count). The van der Waals surface area contributed by atoms with E-state index in [-0.39, 0.29) is 22.3 Å². The van der Waals surface area contributed by atoms with E-state index in [0.29, 0.717) is 17.9 Å². The Morgan fingerprint density at radius 3 is 1.90 bits per heavy atom. The molecule has 0 aromatic heterocycles. The van der Waals surface area contributed by atoms with Gasteiger partial charge in [-0.05, 0) is 65.5 Å². The van der Waals surface area contributed by atoms with Gasteiger partial charge in [0.1, 0.15) is 0 Å². The third-order valence-corrected chi connectivity index (χ3v) is 4.46. The monoisotopic (exact) mass is 411 g/mol. The number of hydrogen-bond acceptors (Lipinski definition) is 3. The summed E-state index contributed by atoms with van der Waals surface area (Å²) in [5.41, 5.74) is 3.18. The highest BCUT2D eigenvalue weighted by Crippen LogP contribution is 2.22. The van der Waals surface area contributed by atoms with E-state index in [9.17, 15) is 9.59 Å². The Bertz CT molecular complexity index is 866. The van der Waals surface area contributed by atoms with Gasteiger partial charge < -0.3 is 10.6 Å².